The molecule has 0 bridgehead atoms. The van der Waals surface area contributed by atoms with Gasteiger partial charge in [0.15, 0.2) is 5.96 Å². The largest absolute Gasteiger partial charge is 0.467 e. The van der Waals surface area contributed by atoms with Gasteiger partial charge in [0.2, 0.25) is 0 Å². The van der Waals surface area contributed by atoms with E-state index in [0.717, 1.165) is 44.3 Å². The van der Waals surface area contributed by atoms with Crippen molar-refractivity contribution in [2.75, 3.05) is 26.8 Å². The van der Waals surface area contributed by atoms with Crippen molar-refractivity contribution in [3.63, 3.8) is 0 Å². The van der Waals surface area contributed by atoms with Gasteiger partial charge >= 0.3 is 0 Å². The first-order valence-corrected chi connectivity index (χ1v) is 6.61. The summed E-state index contributed by atoms with van der Waals surface area (Å²) in [5.74, 6) is 1.69. The van der Waals surface area contributed by atoms with Crippen molar-refractivity contribution in [3.05, 3.63) is 35.8 Å². The third-order valence-corrected chi connectivity index (χ3v) is 3.03. The molecule has 1 aromatic heterocycles. The summed E-state index contributed by atoms with van der Waals surface area (Å²) in [4.78, 5) is 4.18. The Hall–Kier alpha value is -1.02. The van der Waals surface area contributed by atoms with Crippen LogP contribution in [0.5, 0.6) is 0 Å². The molecule has 0 aliphatic carbocycles. The molecule has 0 spiro atoms. The fourth-order valence-electron chi connectivity index (χ4n) is 1.94. The second-order valence-corrected chi connectivity index (χ2v) is 4.37. The molecule has 5 nitrogen and oxygen atoms in total. The van der Waals surface area contributed by atoms with Crippen LogP contribution < -0.4 is 10.6 Å². The van der Waals surface area contributed by atoms with Crippen LogP contribution in [0.3, 0.4) is 0 Å². The molecule has 6 heteroatoms. The molecule has 0 unspecified atom stereocenters. The van der Waals surface area contributed by atoms with Gasteiger partial charge in [0.25, 0.3) is 0 Å². The minimum Gasteiger partial charge on any atom is -0.467 e. The smallest absolute Gasteiger partial charge is 0.191 e. The minimum absolute atomic E-state index is 0. The van der Waals surface area contributed by atoms with Crippen LogP contribution in [0.1, 0.15) is 18.6 Å². The van der Waals surface area contributed by atoms with E-state index in [1.165, 1.54) is 5.57 Å². The van der Waals surface area contributed by atoms with Crippen LogP contribution in [0.15, 0.2) is 39.5 Å². The quantitative estimate of drug-likeness (QED) is 0.350. The van der Waals surface area contributed by atoms with Crippen molar-refractivity contribution in [1.82, 2.24) is 10.6 Å². The molecule has 0 saturated heterocycles. The van der Waals surface area contributed by atoms with Gasteiger partial charge in [0.1, 0.15) is 5.76 Å². The van der Waals surface area contributed by atoms with Crippen LogP contribution in [0.4, 0.5) is 0 Å². The lowest BCUT2D eigenvalue weighted by atomic mass is 10.1. The van der Waals surface area contributed by atoms with Gasteiger partial charge < -0.3 is 19.8 Å². The Labute approximate surface area is 136 Å². The molecule has 2 heterocycles. The molecule has 112 valence electrons. The molecule has 2 N–H and O–H groups in total. The Morgan fingerprint density at radius 3 is 2.95 bits per heavy atom. The van der Waals surface area contributed by atoms with E-state index >= 15 is 0 Å². The van der Waals surface area contributed by atoms with Crippen molar-refractivity contribution in [3.8, 4) is 0 Å². The Kier molecular flexibility index (Phi) is 8.36. The van der Waals surface area contributed by atoms with Crippen molar-refractivity contribution in [2.24, 2.45) is 4.99 Å². The van der Waals surface area contributed by atoms with Gasteiger partial charge in [-0.15, -0.1) is 24.0 Å². The molecule has 1 aliphatic rings. The maximum atomic E-state index is 5.28. The average Bonchev–Trinajstić information content (AvgIpc) is 2.97. The van der Waals surface area contributed by atoms with E-state index in [-0.39, 0.29) is 24.0 Å². The number of aliphatic imine (C=N–C) groups is 1. The van der Waals surface area contributed by atoms with Gasteiger partial charge in [0, 0.05) is 13.6 Å². The van der Waals surface area contributed by atoms with Gasteiger partial charge in [-0.25, -0.2) is 0 Å². The molecule has 1 aromatic rings. The zero-order chi connectivity index (χ0) is 13.3. The molecule has 0 atom stereocenters. The first-order chi connectivity index (χ1) is 9.38. The number of furan rings is 1. The first-order valence-electron chi connectivity index (χ1n) is 6.61. The Bertz CT molecular complexity index is 430. The van der Waals surface area contributed by atoms with Gasteiger partial charge in [-0.3, -0.25) is 4.99 Å². The predicted molar refractivity (Wildman–Crippen MR) is 90.5 cm³/mol. The van der Waals surface area contributed by atoms with E-state index in [4.69, 9.17) is 9.15 Å². The lowest BCUT2D eigenvalue weighted by Crippen LogP contribution is -2.37. The Balaban J connectivity index is 0.00000200. The summed E-state index contributed by atoms with van der Waals surface area (Å²) in [5.41, 5.74) is 1.46. The number of nitrogens with one attached hydrogen (secondary N) is 2. The SMILES string of the molecule is CN=C(NCCC1=CCOCC1)NCc1ccco1.I. The van der Waals surface area contributed by atoms with E-state index in [1.54, 1.807) is 13.3 Å². The normalized spacial score (nSPS) is 15.2. The summed E-state index contributed by atoms with van der Waals surface area (Å²) in [7, 11) is 1.77. The molecule has 0 amide bonds. The molecular formula is C14H22IN3O2. The van der Waals surface area contributed by atoms with Crippen molar-refractivity contribution >= 4 is 29.9 Å². The van der Waals surface area contributed by atoms with Gasteiger partial charge in [-0.05, 0) is 25.0 Å². The van der Waals surface area contributed by atoms with Crippen LogP contribution in [0.2, 0.25) is 0 Å². The monoisotopic (exact) mass is 391 g/mol. The predicted octanol–water partition coefficient (Wildman–Crippen LogP) is 2.30. The van der Waals surface area contributed by atoms with Crippen molar-refractivity contribution in [2.45, 2.75) is 19.4 Å². The standard InChI is InChI=1S/C14H21N3O2.HI/c1-15-14(17-11-13-3-2-8-19-13)16-7-4-12-5-9-18-10-6-12;/h2-3,5,8H,4,6-7,9-11H2,1H3,(H2,15,16,17);1H. The van der Waals surface area contributed by atoms with E-state index in [1.807, 2.05) is 12.1 Å². The molecule has 0 saturated carbocycles. The summed E-state index contributed by atoms with van der Waals surface area (Å²) < 4.78 is 10.5. The van der Waals surface area contributed by atoms with E-state index < -0.39 is 0 Å². The molecule has 0 fully saturated rings. The third kappa shape index (κ3) is 5.96. The molecule has 1 aliphatic heterocycles. The topological polar surface area (TPSA) is 58.8 Å². The first kappa shape index (κ1) is 17.0. The van der Waals surface area contributed by atoms with Crippen LogP contribution in [-0.2, 0) is 11.3 Å². The second kappa shape index (κ2) is 9.82. The van der Waals surface area contributed by atoms with Crippen molar-refractivity contribution < 1.29 is 9.15 Å². The van der Waals surface area contributed by atoms with Gasteiger partial charge in [-0.1, -0.05) is 11.6 Å². The molecule has 2 rings (SSSR count). The van der Waals surface area contributed by atoms with Gasteiger partial charge in [-0.2, -0.15) is 0 Å². The van der Waals surface area contributed by atoms with E-state index in [2.05, 4.69) is 21.7 Å². The van der Waals surface area contributed by atoms with Crippen LogP contribution >= 0.6 is 24.0 Å². The fourth-order valence-corrected chi connectivity index (χ4v) is 1.94. The summed E-state index contributed by atoms with van der Waals surface area (Å²) in [6.45, 7) is 3.12. The molecule has 0 aromatic carbocycles. The van der Waals surface area contributed by atoms with E-state index in [0.29, 0.717) is 6.54 Å². The zero-order valence-electron chi connectivity index (χ0n) is 11.7. The van der Waals surface area contributed by atoms with Crippen LogP contribution in [0.25, 0.3) is 0 Å². The number of halogens is 1. The van der Waals surface area contributed by atoms with Crippen LogP contribution in [-0.4, -0.2) is 32.8 Å². The maximum absolute atomic E-state index is 5.28. The highest BCUT2D eigenvalue weighted by Gasteiger charge is 2.04. The highest BCUT2D eigenvalue weighted by atomic mass is 127. The average molecular weight is 391 g/mol. The number of hydrogen-bond donors (Lipinski definition) is 2. The van der Waals surface area contributed by atoms with Crippen LogP contribution in [0, 0.1) is 0 Å². The Morgan fingerprint density at radius 2 is 2.30 bits per heavy atom. The summed E-state index contributed by atoms with van der Waals surface area (Å²) in [5, 5.41) is 6.51. The number of ether oxygens (including phenoxy) is 1. The number of nitrogens with zero attached hydrogens (tertiary/aromatic N) is 1. The zero-order valence-corrected chi connectivity index (χ0v) is 14.1. The summed E-state index contributed by atoms with van der Waals surface area (Å²) in [6.07, 6.45) is 5.92. The fraction of sp³-hybridized carbons (Fsp3) is 0.500. The lowest BCUT2D eigenvalue weighted by Gasteiger charge is -2.15. The molecule has 20 heavy (non-hydrogen) atoms. The van der Waals surface area contributed by atoms with Gasteiger partial charge in [0.05, 0.1) is 26.0 Å². The lowest BCUT2D eigenvalue weighted by molar-refractivity contribution is 0.153. The number of rotatable bonds is 5. The highest BCUT2D eigenvalue weighted by Crippen LogP contribution is 2.10. The molecule has 0 radical (unpaired) electrons. The molecular weight excluding hydrogens is 369 g/mol. The minimum atomic E-state index is 0. The maximum Gasteiger partial charge on any atom is 0.191 e. The van der Waals surface area contributed by atoms with Crippen molar-refractivity contribution in [1.29, 1.82) is 0 Å². The highest BCUT2D eigenvalue weighted by molar-refractivity contribution is 14.0. The third-order valence-electron chi connectivity index (χ3n) is 3.03. The van der Waals surface area contributed by atoms with E-state index in [9.17, 15) is 0 Å². The number of hydrogen-bond acceptors (Lipinski definition) is 3. The Morgan fingerprint density at radius 1 is 1.40 bits per heavy atom. The second-order valence-electron chi connectivity index (χ2n) is 4.37. The summed E-state index contributed by atoms with van der Waals surface area (Å²) in [6, 6.07) is 3.82. The number of guanidine groups is 1. The summed E-state index contributed by atoms with van der Waals surface area (Å²) >= 11 is 0.